The van der Waals surface area contributed by atoms with Crippen LogP contribution in [0.4, 0.5) is 4.79 Å². The molecule has 1 aliphatic heterocycles. The number of nitrogens with zero attached hydrogens (tertiary/aromatic N) is 2. The van der Waals surface area contributed by atoms with E-state index in [1.807, 2.05) is 6.92 Å². The molecule has 74 valence electrons. The van der Waals surface area contributed by atoms with Crippen LogP contribution in [-0.2, 0) is 4.74 Å². The SMILES string of the molecule is COCC(C)C1C(N)=NC(=O)N1C. The van der Waals surface area contributed by atoms with Crippen LogP contribution < -0.4 is 5.73 Å². The second-order valence-electron chi connectivity index (χ2n) is 3.31. The summed E-state index contributed by atoms with van der Waals surface area (Å²) in [6, 6.07) is -0.391. The number of nitrogens with two attached hydrogens (primary N) is 1. The molecular formula is C8H15N3O2. The van der Waals surface area contributed by atoms with Crippen molar-refractivity contribution in [2.24, 2.45) is 16.6 Å². The number of amides is 2. The summed E-state index contributed by atoms with van der Waals surface area (Å²) >= 11 is 0. The fraction of sp³-hybridized carbons (Fsp3) is 0.750. The van der Waals surface area contributed by atoms with Crippen molar-refractivity contribution in [3.05, 3.63) is 0 Å². The zero-order valence-electron chi connectivity index (χ0n) is 8.15. The van der Waals surface area contributed by atoms with Gasteiger partial charge in [0.05, 0.1) is 12.6 Å². The fourth-order valence-electron chi connectivity index (χ4n) is 1.60. The molecule has 13 heavy (non-hydrogen) atoms. The number of likely N-dealkylation sites (N-methyl/N-ethyl adjacent to an activating group) is 1. The molecule has 0 radical (unpaired) electrons. The van der Waals surface area contributed by atoms with Gasteiger partial charge < -0.3 is 15.4 Å². The Morgan fingerprint density at radius 3 is 2.77 bits per heavy atom. The Hall–Kier alpha value is -1.10. The van der Waals surface area contributed by atoms with Gasteiger partial charge in [-0.05, 0) is 0 Å². The molecule has 0 aromatic carbocycles. The molecule has 0 aromatic heterocycles. The molecule has 5 heteroatoms. The van der Waals surface area contributed by atoms with E-state index < -0.39 is 0 Å². The molecule has 1 rings (SSSR count). The molecule has 0 spiro atoms. The first-order chi connectivity index (χ1) is 6.07. The molecule has 1 aliphatic rings. The van der Waals surface area contributed by atoms with E-state index >= 15 is 0 Å². The molecule has 0 aromatic rings. The molecule has 2 amide bonds. The molecule has 2 atom stereocenters. The number of rotatable bonds is 3. The second-order valence-corrected chi connectivity index (χ2v) is 3.31. The van der Waals surface area contributed by atoms with Crippen molar-refractivity contribution in [1.82, 2.24) is 4.90 Å². The van der Waals surface area contributed by atoms with Gasteiger partial charge in [-0.2, -0.15) is 4.99 Å². The summed E-state index contributed by atoms with van der Waals surface area (Å²) in [5.41, 5.74) is 5.62. The predicted octanol–water partition coefficient (Wildman–Crippen LogP) is 0.0601. The third-order valence-electron chi connectivity index (χ3n) is 2.22. The van der Waals surface area contributed by atoms with Crippen molar-refractivity contribution >= 4 is 11.9 Å². The van der Waals surface area contributed by atoms with Gasteiger partial charge in [0.2, 0.25) is 0 Å². The van der Waals surface area contributed by atoms with E-state index in [4.69, 9.17) is 10.5 Å². The number of ether oxygens (including phenoxy) is 1. The summed E-state index contributed by atoms with van der Waals surface area (Å²) in [5.74, 6) is 0.558. The van der Waals surface area contributed by atoms with Crippen LogP contribution in [-0.4, -0.2) is 43.6 Å². The normalized spacial score (nSPS) is 24.8. The van der Waals surface area contributed by atoms with Crippen LogP contribution in [0.1, 0.15) is 6.92 Å². The lowest BCUT2D eigenvalue weighted by atomic mass is 10.0. The Morgan fingerprint density at radius 1 is 1.77 bits per heavy atom. The lowest BCUT2D eigenvalue weighted by Crippen LogP contribution is -2.43. The van der Waals surface area contributed by atoms with Crippen LogP contribution in [0.15, 0.2) is 4.99 Å². The highest BCUT2D eigenvalue weighted by Crippen LogP contribution is 2.16. The summed E-state index contributed by atoms with van der Waals surface area (Å²) in [6.07, 6.45) is 0. The van der Waals surface area contributed by atoms with E-state index in [1.165, 1.54) is 0 Å². The Balaban J connectivity index is 2.69. The number of amidine groups is 1. The van der Waals surface area contributed by atoms with Crippen LogP contribution in [0.25, 0.3) is 0 Å². The molecule has 1 heterocycles. The number of hydrogen-bond acceptors (Lipinski definition) is 3. The Morgan fingerprint density at radius 2 is 2.38 bits per heavy atom. The van der Waals surface area contributed by atoms with E-state index in [1.54, 1.807) is 19.1 Å². The molecule has 5 nitrogen and oxygen atoms in total. The van der Waals surface area contributed by atoms with Gasteiger partial charge in [-0.25, -0.2) is 4.79 Å². The Bertz CT molecular complexity index is 240. The number of methoxy groups -OCH3 is 1. The minimum absolute atomic E-state index is 0.118. The quantitative estimate of drug-likeness (QED) is 0.676. The standard InChI is InChI=1S/C8H15N3O2/c1-5(4-13-3)6-7(9)10-8(12)11(6)2/h5-6H,4H2,1-3H3,(H2,9,10,12). The third-order valence-corrected chi connectivity index (χ3v) is 2.22. The number of aliphatic imine (C=N–C) groups is 1. The van der Waals surface area contributed by atoms with E-state index in [9.17, 15) is 4.79 Å². The first-order valence-electron chi connectivity index (χ1n) is 4.17. The molecule has 0 bridgehead atoms. The predicted molar refractivity (Wildman–Crippen MR) is 49.6 cm³/mol. The zero-order chi connectivity index (χ0) is 10.0. The molecule has 0 aliphatic carbocycles. The van der Waals surface area contributed by atoms with Crippen LogP contribution in [0.3, 0.4) is 0 Å². The number of urea groups is 1. The van der Waals surface area contributed by atoms with Gasteiger partial charge in [0.25, 0.3) is 0 Å². The lowest BCUT2D eigenvalue weighted by molar-refractivity contribution is 0.131. The molecule has 2 unspecified atom stereocenters. The minimum Gasteiger partial charge on any atom is -0.385 e. The van der Waals surface area contributed by atoms with E-state index in [0.29, 0.717) is 12.4 Å². The summed E-state index contributed by atoms with van der Waals surface area (Å²) in [4.78, 5) is 16.3. The lowest BCUT2D eigenvalue weighted by Gasteiger charge is -2.25. The van der Waals surface area contributed by atoms with Crippen molar-refractivity contribution in [2.75, 3.05) is 20.8 Å². The number of carbonyl (C=O) groups is 1. The third kappa shape index (κ3) is 1.80. The molecular weight excluding hydrogens is 170 g/mol. The first kappa shape index (κ1) is 9.98. The van der Waals surface area contributed by atoms with Crippen molar-refractivity contribution in [3.8, 4) is 0 Å². The van der Waals surface area contributed by atoms with Gasteiger partial charge in [0, 0.05) is 20.1 Å². The van der Waals surface area contributed by atoms with E-state index in [-0.39, 0.29) is 18.0 Å². The van der Waals surface area contributed by atoms with Gasteiger partial charge in [-0.1, -0.05) is 6.92 Å². The fourth-order valence-corrected chi connectivity index (χ4v) is 1.60. The molecule has 0 saturated heterocycles. The number of hydrogen-bond donors (Lipinski definition) is 1. The van der Waals surface area contributed by atoms with Crippen LogP contribution >= 0.6 is 0 Å². The highest BCUT2D eigenvalue weighted by Gasteiger charge is 2.34. The van der Waals surface area contributed by atoms with Gasteiger partial charge in [0.15, 0.2) is 0 Å². The summed E-state index contributed by atoms with van der Waals surface area (Å²) in [6.45, 7) is 2.55. The first-order valence-corrected chi connectivity index (χ1v) is 4.17. The van der Waals surface area contributed by atoms with Crippen LogP contribution in [0.2, 0.25) is 0 Å². The molecule has 0 fully saturated rings. The van der Waals surface area contributed by atoms with Crippen molar-refractivity contribution in [2.45, 2.75) is 13.0 Å². The van der Waals surface area contributed by atoms with Crippen molar-refractivity contribution < 1.29 is 9.53 Å². The Kier molecular flexibility index (Phi) is 2.87. The summed E-state index contributed by atoms with van der Waals surface area (Å²) in [7, 11) is 3.32. The average Bonchev–Trinajstić information content (AvgIpc) is 2.27. The maximum atomic E-state index is 11.1. The van der Waals surface area contributed by atoms with Crippen LogP contribution in [0, 0.1) is 5.92 Å². The topological polar surface area (TPSA) is 67.9 Å². The van der Waals surface area contributed by atoms with E-state index in [2.05, 4.69) is 4.99 Å². The second kappa shape index (κ2) is 3.74. The monoisotopic (exact) mass is 185 g/mol. The summed E-state index contributed by atoms with van der Waals surface area (Å²) in [5, 5.41) is 0. The van der Waals surface area contributed by atoms with Gasteiger partial charge in [0.1, 0.15) is 5.84 Å². The van der Waals surface area contributed by atoms with E-state index in [0.717, 1.165) is 0 Å². The minimum atomic E-state index is -0.273. The largest absolute Gasteiger partial charge is 0.385 e. The molecule has 0 saturated carbocycles. The highest BCUT2D eigenvalue weighted by molar-refractivity contribution is 6.02. The summed E-state index contributed by atoms with van der Waals surface area (Å²) < 4.78 is 5.00. The van der Waals surface area contributed by atoms with Gasteiger partial charge in [-0.15, -0.1) is 0 Å². The maximum absolute atomic E-state index is 11.1. The highest BCUT2D eigenvalue weighted by atomic mass is 16.5. The number of carbonyl (C=O) groups excluding carboxylic acids is 1. The zero-order valence-corrected chi connectivity index (χ0v) is 8.15. The maximum Gasteiger partial charge on any atom is 0.345 e. The van der Waals surface area contributed by atoms with Crippen molar-refractivity contribution in [1.29, 1.82) is 0 Å². The average molecular weight is 185 g/mol. The smallest absolute Gasteiger partial charge is 0.345 e. The molecule has 2 N–H and O–H groups in total. The van der Waals surface area contributed by atoms with Gasteiger partial charge >= 0.3 is 6.03 Å². The Labute approximate surface area is 77.6 Å². The van der Waals surface area contributed by atoms with Gasteiger partial charge in [-0.3, -0.25) is 0 Å². The van der Waals surface area contributed by atoms with Crippen molar-refractivity contribution in [3.63, 3.8) is 0 Å². The van der Waals surface area contributed by atoms with Crippen LogP contribution in [0.5, 0.6) is 0 Å².